The monoisotopic (exact) mass is 609 g/mol. The first-order chi connectivity index (χ1) is 19.6. The van der Waals surface area contributed by atoms with E-state index in [1.54, 1.807) is 32.2 Å². The number of methoxy groups -OCH3 is 1. The van der Waals surface area contributed by atoms with Gasteiger partial charge in [0.15, 0.2) is 0 Å². The number of nitrogens with zero attached hydrogens (tertiary/aromatic N) is 2. The number of alkyl halides is 3. The van der Waals surface area contributed by atoms with E-state index in [0.29, 0.717) is 24.3 Å². The van der Waals surface area contributed by atoms with Crippen LogP contribution in [0.25, 0.3) is 0 Å². The van der Waals surface area contributed by atoms with Crippen LogP contribution in [0.1, 0.15) is 21.5 Å². The number of carbonyl (C=O) groups is 2. The molecule has 1 fully saturated rings. The Bertz CT molecular complexity index is 1540. The molecule has 3 N–H and O–H groups in total. The summed E-state index contributed by atoms with van der Waals surface area (Å²) in [5, 5.41) is 16.6. The van der Waals surface area contributed by atoms with Crippen LogP contribution in [0, 0.1) is 13.8 Å². The predicted octanol–water partition coefficient (Wildman–Crippen LogP) is 4.77. The molecule has 226 valence electrons. The van der Waals surface area contributed by atoms with Crippen molar-refractivity contribution in [3.63, 3.8) is 0 Å². The second kappa shape index (κ2) is 13.0. The van der Waals surface area contributed by atoms with Crippen LogP contribution < -0.4 is 19.3 Å². The topological polar surface area (TPSA) is 136 Å². The van der Waals surface area contributed by atoms with E-state index in [2.05, 4.69) is 14.5 Å². The molecular formula is C28H30F3N3O7S. The average molecular weight is 610 g/mol. The zero-order chi connectivity index (χ0) is 31.2. The molecule has 3 aromatic carbocycles. The highest BCUT2D eigenvalue weighted by atomic mass is 32.2. The lowest BCUT2D eigenvalue weighted by Gasteiger charge is -2.38. The predicted molar refractivity (Wildman–Crippen MR) is 151 cm³/mol. The summed E-state index contributed by atoms with van der Waals surface area (Å²) in [6.45, 7) is 6.33. The summed E-state index contributed by atoms with van der Waals surface area (Å²) in [7, 11) is -2.29. The van der Waals surface area contributed by atoms with Crippen molar-refractivity contribution in [3.05, 3.63) is 77.4 Å². The Morgan fingerprint density at radius 2 is 1.45 bits per heavy atom. The van der Waals surface area contributed by atoms with E-state index in [0.717, 1.165) is 30.1 Å². The smallest absolute Gasteiger partial charge is 0.490 e. The van der Waals surface area contributed by atoms with E-state index < -0.39 is 28.1 Å². The molecule has 0 atom stereocenters. The van der Waals surface area contributed by atoms with Gasteiger partial charge in [0.25, 0.3) is 10.0 Å². The van der Waals surface area contributed by atoms with E-state index in [4.69, 9.17) is 14.6 Å². The number of hydrogen-bond acceptors (Lipinski definition) is 7. The first-order valence-corrected chi connectivity index (χ1v) is 14.0. The van der Waals surface area contributed by atoms with Gasteiger partial charge in [0.1, 0.15) is 5.75 Å². The van der Waals surface area contributed by atoms with Crippen molar-refractivity contribution in [2.24, 2.45) is 0 Å². The van der Waals surface area contributed by atoms with Crippen molar-refractivity contribution in [1.29, 1.82) is 0 Å². The van der Waals surface area contributed by atoms with Crippen molar-refractivity contribution >= 4 is 39.0 Å². The third-order valence-electron chi connectivity index (χ3n) is 6.42. The van der Waals surface area contributed by atoms with Crippen LogP contribution in [0.5, 0.6) is 5.75 Å². The minimum Gasteiger partial charge on any atom is -0.497 e. The number of benzene rings is 3. The fourth-order valence-corrected chi connectivity index (χ4v) is 5.62. The molecule has 4 rings (SSSR count). The maximum Gasteiger partial charge on any atom is 0.490 e. The highest BCUT2D eigenvalue weighted by molar-refractivity contribution is 7.92. The number of anilines is 3. The van der Waals surface area contributed by atoms with Crippen LogP contribution in [-0.2, 0) is 14.8 Å². The van der Waals surface area contributed by atoms with Gasteiger partial charge in [-0.2, -0.15) is 13.2 Å². The summed E-state index contributed by atoms with van der Waals surface area (Å²) in [6, 6.07) is 17.7. The van der Waals surface area contributed by atoms with Gasteiger partial charge in [0.05, 0.1) is 28.9 Å². The molecule has 3 aromatic rings. The van der Waals surface area contributed by atoms with E-state index in [1.165, 1.54) is 12.1 Å². The zero-order valence-electron chi connectivity index (χ0n) is 23.0. The molecule has 0 aliphatic carbocycles. The molecule has 0 saturated carbocycles. The van der Waals surface area contributed by atoms with Crippen LogP contribution in [0.15, 0.2) is 65.6 Å². The Morgan fingerprint density at radius 3 is 1.98 bits per heavy atom. The van der Waals surface area contributed by atoms with Crippen molar-refractivity contribution in [2.45, 2.75) is 24.9 Å². The molecule has 0 radical (unpaired) electrons. The molecule has 0 bridgehead atoms. The Kier molecular flexibility index (Phi) is 9.94. The molecule has 1 aliphatic heterocycles. The Balaban J connectivity index is 0.000000616. The van der Waals surface area contributed by atoms with Crippen LogP contribution in [-0.4, -0.2) is 70.0 Å². The number of sulfonamides is 1. The summed E-state index contributed by atoms with van der Waals surface area (Å²) in [4.78, 5) is 25.0. The Labute approximate surface area is 241 Å². The number of hydrogen-bond donors (Lipinski definition) is 3. The molecule has 0 aromatic heterocycles. The number of aliphatic carboxylic acids is 1. The fraction of sp³-hybridized carbons (Fsp3) is 0.286. The van der Waals surface area contributed by atoms with Crippen LogP contribution in [0.3, 0.4) is 0 Å². The number of halogens is 3. The first-order valence-electron chi connectivity index (χ1n) is 12.5. The highest BCUT2D eigenvalue weighted by Gasteiger charge is 2.38. The number of rotatable bonds is 7. The molecule has 0 unspecified atom stereocenters. The number of carboxylic acid groups (broad SMARTS) is 2. The van der Waals surface area contributed by atoms with Crippen LogP contribution in [0.2, 0.25) is 0 Å². The maximum absolute atomic E-state index is 13.3. The minimum absolute atomic E-state index is 0.0179. The fourth-order valence-electron chi connectivity index (χ4n) is 4.22. The van der Waals surface area contributed by atoms with Crippen molar-refractivity contribution in [3.8, 4) is 5.75 Å². The summed E-state index contributed by atoms with van der Waals surface area (Å²) in [5.74, 6) is -3.08. The van der Waals surface area contributed by atoms with E-state index in [-0.39, 0.29) is 16.1 Å². The normalized spacial score (nSPS) is 13.6. The van der Waals surface area contributed by atoms with Gasteiger partial charge in [-0.3, -0.25) is 4.72 Å². The third kappa shape index (κ3) is 8.06. The van der Waals surface area contributed by atoms with Gasteiger partial charge in [0, 0.05) is 31.9 Å². The molecular weight excluding hydrogens is 579 g/mol. The van der Waals surface area contributed by atoms with Crippen molar-refractivity contribution in [2.75, 3.05) is 47.8 Å². The molecule has 1 saturated heterocycles. The number of carboxylic acids is 2. The number of aromatic carboxylic acids is 1. The summed E-state index contributed by atoms with van der Waals surface area (Å²) < 4.78 is 66.2. The summed E-state index contributed by atoms with van der Waals surface area (Å²) in [5.41, 5.74) is 3.45. The second-order valence-electron chi connectivity index (χ2n) is 9.39. The van der Waals surface area contributed by atoms with Crippen LogP contribution >= 0.6 is 0 Å². The molecule has 0 spiro atoms. The maximum atomic E-state index is 13.3. The second-order valence-corrected chi connectivity index (χ2v) is 11.0. The standard InChI is InChI=1S/C26H29N3O5S.C2HF3O2/c1-18-4-5-19(2)25(16-18)35(32,33)27-23-17-20(26(30)31)6-11-24(23)29-14-12-28(13-15-29)21-7-9-22(34-3)10-8-21;3-2(4,5)1(6)7/h4-11,16-17,27H,12-15H2,1-3H3,(H,30,31);(H,6,7). The lowest BCUT2D eigenvalue weighted by atomic mass is 10.1. The first kappa shape index (κ1) is 32.1. The lowest BCUT2D eigenvalue weighted by Crippen LogP contribution is -2.46. The molecule has 1 aliphatic rings. The summed E-state index contributed by atoms with van der Waals surface area (Å²) >= 11 is 0. The largest absolute Gasteiger partial charge is 0.497 e. The van der Waals surface area contributed by atoms with Crippen molar-refractivity contribution in [1.82, 2.24) is 0 Å². The number of aryl methyl sites for hydroxylation is 2. The van der Waals surface area contributed by atoms with E-state index in [1.807, 2.05) is 37.3 Å². The Morgan fingerprint density at radius 1 is 0.881 bits per heavy atom. The van der Waals surface area contributed by atoms with Crippen molar-refractivity contribution < 1.29 is 46.1 Å². The van der Waals surface area contributed by atoms with Gasteiger partial charge in [0.2, 0.25) is 0 Å². The van der Waals surface area contributed by atoms with Gasteiger partial charge >= 0.3 is 18.1 Å². The number of piperazine rings is 1. The van der Waals surface area contributed by atoms with Gasteiger partial charge in [-0.1, -0.05) is 12.1 Å². The summed E-state index contributed by atoms with van der Waals surface area (Å²) in [6.07, 6.45) is -5.08. The zero-order valence-corrected chi connectivity index (χ0v) is 23.8. The molecule has 0 amide bonds. The molecule has 10 nitrogen and oxygen atoms in total. The molecule has 1 heterocycles. The minimum atomic E-state index is -5.08. The third-order valence-corrected chi connectivity index (χ3v) is 7.93. The number of ether oxygens (including phenoxy) is 1. The quantitative estimate of drug-likeness (QED) is 0.346. The van der Waals surface area contributed by atoms with E-state index in [9.17, 15) is 31.5 Å². The van der Waals surface area contributed by atoms with Gasteiger partial charge < -0.3 is 24.7 Å². The molecule has 14 heteroatoms. The highest BCUT2D eigenvalue weighted by Crippen LogP contribution is 2.32. The number of nitrogens with one attached hydrogen (secondary N) is 1. The Hall–Kier alpha value is -4.46. The van der Waals surface area contributed by atoms with Crippen LogP contribution in [0.4, 0.5) is 30.2 Å². The average Bonchev–Trinajstić information content (AvgIpc) is 2.94. The van der Waals surface area contributed by atoms with Gasteiger partial charge in [-0.15, -0.1) is 0 Å². The SMILES string of the molecule is COc1ccc(N2CCN(c3ccc(C(=O)O)cc3NS(=O)(=O)c3cc(C)ccc3C)CC2)cc1.O=C(O)C(F)(F)F. The lowest BCUT2D eigenvalue weighted by molar-refractivity contribution is -0.192. The molecule has 42 heavy (non-hydrogen) atoms. The van der Waals surface area contributed by atoms with Gasteiger partial charge in [-0.25, -0.2) is 18.0 Å². The van der Waals surface area contributed by atoms with E-state index >= 15 is 0 Å². The van der Waals surface area contributed by atoms with Gasteiger partial charge in [-0.05, 0) is 73.5 Å².